The minimum atomic E-state index is 0.148. The van der Waals surface area contributed by atoms with Gasteiger partial charge in [0, 0.05) is 19.7 Å². The highest BCUT2D eigenvalue weighted by Gasteiger charge is 2.15. The van der Waals surface area contributed by atoms with E-state index < -0.39 is 0 Å². The number of hydrogen-bond donors (Lipinski definition) is 1. The molecule has 0 aliphatic carbocycles. The van der Waals surface area contributed by atoms with Crippen molar-refractivity contribution in [1.82, 2.24) is 15.0 Å². The first-order chi connectivity index (χ1) is 8.08. The summed E-state index contributed by atoms with van der Waals surface area (Å²) >= 11 is 0. The van der Waals surface area contributed by atoms with E-state index in [0.29, 0.717) is 19.1 Å². The first-order valence-electron chi connectivity index (χ1n) is 5.39. The van der Waals surface area contributed by atoms with E-state index in [-0.39, 0.29) is 18.0 Å². The van der Waals surface area contributed by atoms with Crippen LogP contribution in [0.5, 0.6) is 6.01 Å². The van der Waals surface area contributed by atoms with Crippen LogP contribution < -0.4 is 15.4 Å². The van der Waals surface area contributed by atoms with Crippen LogP contribution in [0.3, 0.4) is 0 Å². The lowest BCUT2D eigenvalue weighted by Gasteiger charge is -2.26. The largest absolute Gasteiger partial charge is 0.467 e. The number of methoxy groups -OCH3 is 2. The fourth-order valence-electron chi connectivity index (χ4n) is 1.36. The summed E-state index contributed by atoms with van der Waals surface area (Å²) in [6.45, 7) is 5.36. The minimum absolute atomic E-state index is 0.148. The molecule has 0 fully saturated rings. The van der Waals surface area contributed by atoms with Gasteiger partial charge in [0.15, 0.2) is 0 Å². The third-order valence-corrected chi connectivity index (χ3v) is 2.22. The number of rotatable bonds is 6. The molecule has 0 spiro atoms. The lowest BCUT2D eigenvalue weighted by molar-refractivity contribution is 0.203. The Hall–Kier alpha value is -1.63. The van der Waals surface area contributed by atoms with Crippen LogP contribution in [0.4, 0.5) is 11.9 Å². The van der Waals surface area contributed by atoms with Crippen LogP contribution in [-0.2, 0) is 4.74 Å². The van der Waals surface area contributed by atoms with Crippen LogP contribution in [0.2, 0.25) is 0 Å². The smallest absolute Gasteiger partial charge is 0.322 e. The number of ether oxygens (including phenoxy) is 2. The molecule has 0 aromatic carbocycles. The van der Waals surface area contributed by atoms with E-state index in [1.807, 2.05) is 18.7 Å². The Bertz CT molecular complexity index is 359. The molecule has 0 aliphatic rings. The SMILES string of the molecule is COCCN(c1nc(N)nc(OC)n1)C(C)C. The summed E-state index contributed by atoms with van der Waals surface area (Å²) in [6, 6.07) is 0.451. The highest BCUT2D eigenvalue weighted by Crippen LogP contribution is 2.15. The predicted octanol–water partition coefficient (Wildman–Crippen LogP) is 0.324. The minimum Gasteiger partial charge on any atom is -0.467 e. The van der Waals surface area contributed by atoms with Gasteiger partial charge < -0.3 is 20.1 Å². The normalized spacial score (nSPS) is 10.6. The topological polar surface area (TPSA) is 86.4 Å². The summed E-state index contributed by atoms with van der Waals surface area (Å²) in [5, 5.41) is 0. The number of nitrogens with two attached hydrogens (primary N) is 1. The van der Waals surface area contributed by atoms with E-state index in [9.17, 15) is 0 Å². The van der Waals surface area contributed by atoms with Crippen LogP contribution in [-0.4, -0.2) is 48.4 Å². The molecule has 0 aliphatic heterocycles. The van der Waals surface area contributed by atoms with Crippen LogP contribution in [0.25, 0.3) is 0 Å². The standard InChI is InChI=1S/C10H19N5O2/c1-7(2)15(5-6-16-3)9-12-8(11)13-10(14-9)17-4/h7H,5-6H2,1-4H3,(H2,11,12,13,14). The summed E-state index contributed by atoms with van der Waals surface area (Å²) in [5.41, 5.74) is 5.60. The van der Waals surface area contributed by atoms with Gasteiger partial charge in [-0.1, -0.05) is 0 Å². The van der Waals surface area contributed by atoms with Crippen molar-refractivity contribution in [2.45, 2.75) is 19.9 Å². The van der Waals surface area contributed by atoms with E-state index in [1.165, 1.54) is 7.11 Å². The quantitative estimate of drug-likeness (QED) is 0.767. The Morgan fingerprint density at radius 3 is 2.47 bits per heavy atom. The summed E-state index contributed by atoms with van der Waals surface area (Å²) in [4.78, 5) is 14.1. The second-order valence-electron chi connectivity index (χ2n) is 3.76. The number of nitrogen functional groups attached to an aromatic ring is 1. The third kappa shape index (κ3) is 3.70. The van der Waals surface area contributed by atoms with Crippen molar-refractivity contribution in [2.24, 2.45) is 0 Å². The second kappa shape index (κ2) is 6.19. The van der Waals surface area contributed by atoms with Gasteiger partial charge in [-0.05, 0) is 13.8 Å². The molecule has 17 heavy (non-hydrogen) atoms. The van der Waals surface area contributed by atoms with Crippen LogP contribution >= 0.6 is 0 Å². The summed E-state index contributed by atoms with van der Waals surface area (Å²) in [5.74, 6) is 0.649. The molecule has 0 amide bonds. The Balaban J connectivity index is 2.96. The van der Waals surface area contributed by atoms with Gasteiger partial charge in [0.2, 0.25) is 11.9 Å². The molecule has 96 valence electrons. The van der Waals surface area contributed by atoms with E-state index in [4.69, 9.17) is 15.2 Å². The molecule has 0 unspecified atom stereocenters. The van der Waals surface area contributed by atoms with Gasteiger partial charge in [0.05, 0.1) is 13.7 Å². The fraction of sp³-hybridized carbons (Fsp3) is 0.700. The highest BCUT2D eigenvalue weighted by molar-refractivity contribution is 5.36. The zero-order valence-electron chi connectivity index (χ0n) is 10.7. The van der Waals surface area contributed by atoms with Gasteiger partial charge in [-0.15, -0.1) is 0 Å². The molecule has 0 bridgehead atoms. The van der Waals surface area contributed by atoms with Gasteiger partial charge in [-0.2, -0.15) is 15.0 Å². The first-order valence-corrected chi connectivity index (χ1v) is 5.39. The fourth-order valence-corrected chi connectivity index (χ4v) is 1.36. The Kier molecular flexibility index (Phi) is 4.89. The monoisotopic (exact) mass is 241 g/mol. The molecule has 1 aromatic heterocycles. The van der Waals surface area contributed by atoms with Crippen molar-refractivity contribution in [3.8, 4) is 6.01 Å². The van der Waals surface area contributed by atoms with E-state index in [0.717, 1.165) is 0 Å². The average Bonchev–Trinajstić information content (AvgIpc) is 2.28. The third-order valence-electron chi connectivity index (χ3n) is 2.22. The summed E-state index contributed by atoms with van der Waals surface area (Å²) in [6.07, 6.45) is 0. The van der Waals surface area contributed by atoms with Gasteiger partial charge in [0.1, 0.15) is 0 Å². The van der Waals surface area contributed by atoms with Crippen LogP contribution in [0.1, 0.15) is 13.8 Å². The van der Waals surface area contributed by atoms with Gasteiger partial charge >= 0.3 is 6.01 Å². The lowest BCUT2D eigenvalue weighted by atomic mass is 10.3. The van der Waals surface area contributed by atoms with E-state index in [1.54, 1.807) is 7.11 Å². The maximum atomic E-state index is 5.60. The number of hydrogen-bond acceptors (Lipinski definition) is 7. The molecule has 7 nitrogen and oxygen atoms in total. The van der Waals surface area contributed by atoms with Crippen molar-refractivity contribution in [2.75, 3.05) is 38.0 Å². The molecular weight excluding hydrogens is 222 g/mol. The van der Waals surface area contributed by atoms with Crippen molar-refractivity contribution in [1.29, 1.82) is 0 Å². The van der Waals surface area contributed by atoms with Crippen LogP contribution in [0, 0.1) is 0 Å². The maximum Gasteiger partial charge on any atom is 0.322 e. The molecule has 1 rings (SSSR count). The molecule has 0 atom stereocenters. The van der Waals surface area contributed by atoms with E-state index >= 15 is 0 Å². The first kappa shape index (κ1) is 13.4. The molecule has 0 saturated heterocycles. The number of aromatic nitrogens is 3. The van der Waals surface area contributed by atoms with Gasteiger partial charge in [-0.25, -0.2) is 0 Å². The molecular formula is C10H19N5O2. The van der Waals surface area contributed by atoms with Crippen molar-refractivity contribution < 1.29 is 9.47 Å². The predicted molar refractivity (Wildman–Crippen MR) is 65.1 cm³/mol. The molecule has 0 radical (unpaired) electrons. The zero-order chi connectivity index (χ0) is 12.8. The Morgan fingerprint density at radius 1 is 1.24 bits per heavy atom. The molecule has 1 aromatic rings. The second-order valence-corrected chi connectivity index (χ2v) is 3.76. The average molecular weight is 241 g/mol. The lowest BCUT2D eigenvalue weighted by Crippen LogP contribution is -2.35. The number of anilines is 2. The van der Waals surface area contributed by atoms with Gasteiger partial charge in [0.25, 0.3) is 0 Å². The number of nitrogens with zero attached hydrogens (tertiary/aromatic N) is 4. The molecule has 1 heterocycles. The van der Waals surface area contributed by atoms with Crippen molar-refractivity contribution >= 4 is 11.9 Å². The molecule has 7 heteroatoms. The Labute approximate surface area is 101 Å². The van der Waals surface area contributed by atoms with Gasteiger partial charge in [-0.3, -0.25) is 0 Å². The maximum absolute atomic E-state index is 5.60. The van der Waals surface area contributed by atoms with Crippen molar-refractivity contribution in [3.05, 3.63) is 0 Å². The highest BCUT2D eigenvalue weighted by atomic mass is 16.5. The van der Waals surface area contributed by atoms with E-state index in [2.05, 4.69) is 15.0 Å². The summed E-state index contributed by atoms with van der Waals surface area (Å²) in [7, 11) is 3.15. The van der Waals surface area contributed by atoms with Crippen LogP contribution in [0.15, 0.2) is 0 Å². The summed E-state index contributed by atoms with van der Waals surface area (Å²) < 4.78 is 10.0. The Morgan fingerprint density at radius 2 is 1.94 bits per heavy atom. The molecule has 0 saturated carbocycles. The zero-order valence-corrected chi connectivity index (χ0v) is 10.7. The molecule has 2 N–H and O–H groups in total. The van der Waals surface area contributed by atoms with Crippen molar-refractivity contribution in [3.63, 3.8) is 0 Å².